The molecule has 0 aliphatic carbocycles. The minimum absolute atomic E-state index is 0.100. The molecule has 0 aliphatic rings. The second-order valence-corrected chi connectivity index (χ2v) is 5.37. The molecule has 0 heterocycles. The summed E-state index contributed by atoms with van der Waals surface area (Å²) in [6.07, 6.45) is 1.99. The van der Waals surface area contributed by atoms with Gasteiger partial charge in [0, 0.05) is 6.04 Å². The van der Waals surface area contributed by atoms with Crippen LogP contribution in [-0.2, 0) is 4.79 Å². The minimum Gasteiger partial charge on any atom is -0.352 e. The lowest BCUT2D eigenvalue weighted by Crippen LogP contribution is -2.47. The lowest BCUT2D eigenvalue weighted by molar-refractivity contribution is -0.123. The van der Waals surface area contributed by atoms with Crippen LogP contribution < -0.4 is 10.6 Å². The third kappa shape index (κ3) is 6.67. The average Bonchev–Trinajstić information content (AvgIpc) is 2.31. The fraction of sp³-hybridized carbons (Fsp3) is 0.929. The zero-order valence-corrected chi connectivity index (χ0v) is 12.3. The van der Waals surface area contributed by atoms with Crippen LogP contribution in [-0.4, -0.2) is 24.5 Å². The average molecular weight is 242 g/mol. The highest BCUT2D eigenvalue weighted by atomic mass is 16.2. The van der Waals surface area contributed by atoms with Gasteiger partial charge in [-0.1, -0.05) is 34.6 Å². The van der Waals surface area contributed by atoms with Crippen LogP contribution >= 0.6 is 0 Å². The largest absolute Gasteiger partial charge is 0.352 e. The van der Waals surface area contributed by atoms with E-state index in [0.717, 1.165) is 19.4 Å². The first-order chi connectivity index (χ1) is 7.92. The van der Waals surface area contributed by atoms with Crippen LogP contribution in [0.3, 0.4) is 0 Å². The number of hydrogen-bond acceptors (Lipinski definition) is 2. The van der Waals surface area contributed by atoms with E-state index < -0.39 is 0 Å². The Hall–Kier alpha value is -0.570. The summed E-state index contributed by atoms with van der Waals surface area (Å²) in [4.78, 5) is 11.9. The van der Waals surface area contributed by atoms with E-state index in [2.05, 4.69) is 45.3 Å². The van der Waals surface area contributed by atoms with E-state index in [1.165, 1.54) is 0 Å². The molecule has 0 fully saturated rings. The van der Waals surface area contributed by atoms with Gasteiger partial charge in [-0.15, -0.1) is 0 Å². The zero-order valence-electron chi connectivity index (χ0n) is 12.3. The molecule has 0 saturated carbocycles. The SMILES string of the molecule is CCC(CC)NC(=O)C(C)NCC(C)C(C)C. The third-order valence-electron chi connectivity index (χ3n) is 3.61. The van der Waals surface area contributed by atoms with Gasteiger partial charge in [-0.05, 0) is 38.1 Å². The van der Waals surface area contributed by atoms with Crippen LogP contribution in [0.4, 0.5) is 0 Å². The van der Waals surface area contributed by atoms with Crippen molar-refractivity contribution in [3.05, 3.63) is 0 Å². The van der Waals surface area contributed by atoms with E-state index in [1.807, 2.05) is 6.92 Å². The van der Waals surface area contributed by atoms with E-state index in [9.17, 15) is 4.79 Å². The lowest BCUT2D eigenvalue weighted by atomic mass is 9.98. The van der Waals surface area contributed by atoms with E-state index in [0.29, 0.717) is 17.9 Å². The number of hydrogen-bond donors (Lipinski definition) is 2. The topological polar surface area (TPSA) is 41.1 Å². The van der Waals surface area contributed by atoms with E-state index in [1.54, 1.807) is 0 Å². The molecule has 2 unspecified atom stereocenters. The Morgan fingerprint density at radius 2 is 1.59 bits per heavy atom. The lowest BCUT2D eigenvalue weighted by Gasteiger charge is -2.22. The van der Waals surface area contributed by atoms with Crippen LogP contribution in [0, 0.1) is 11.8 Å². The molecule has 0 aromatic carbocycles. The van der Waals surface area contributed by atoms with Gasteiger partial charge in [-0.25, -0.2) is 0 Å². The van der Waals surface area contributed by atoms with E-state index in [4.69, 9.17) is 0 Å². The van der Waals surface area contributed by atoms with Crippen molar-refractivity contribution in [3.63, 3.8) is 0 Å². The summed E-state index contributed by atoms with van der Waals surface area (Å²) in [6, 6.07) is 0.214. The summed E-state index contributed by atoms with van der Waals surface area (Å²) in [5.41, 5.74) is 0. The Labute approximate surface area is 107 Å². The first-order valence-electron chi connectivity index (χ1n) is 6.96. The molecule has 0 radical (unpaired) electrons. The van der Waals surface area contributed by atoms with E-state index >= 15 is 0 Å². The Morgan fingerprint density at radius 3 is 2.00 bits per heavy atom. The van der Waals surface area contributed by atoms with Crippen LogP contribution in [0.5, 0.6) is 0 Å². The molecule has 17 heavy (non-hydrogen) atoms. The predicted molar refractivity (Wildman–Crippen MR) is 74.0 cm³/mol. The molecule has 2 N–H and O–H groups in total. The van der Waals surface area contributed by atoms with Crippen molar-refractivity contribution < 1.29 is 4.79 Å². The maximum absolute atomic E-state index is 11.9. The summed E-state index contributed by atoms with van der Waals surface area (Å²) in [5, 5.41) is 6.37. The fourth-order valence-corrected chi connectivity index (χ4v) is 1.51. The summed E-state index contributed by atoms with van der Waals surface area (Å²) >= 11 is 0. The van der Waals surface area contributed by atoms with Crippen LogP contribution in [0.1, 0.15) is 54.4 Å². The second kappa shape index (κ2) is 8.51. The highest BCUT2D eigenvalue weighted by molar-refractivity contribution is 5.81. The van der Waals surface area contributed by atoms with Crippen LogP contribution in [0.25, 0.3) is 0 Å². The molecule has 1 amide bonds. The molecule has 0 spiro atoms. The highest BCUT2D eigenvalue weighted by Crippen LogP contribution is 2.08. The van der Waals surface area contributed by atoms with Gasteiger partial charge < -0.3 is 10.6 Å². The van der Waals surface area contributed by atoms with Gasteiger partial charge in [-0.2, -0.15) is 0 Å². The zero-order chi connectivity index (χ0) is 13.4. The Bertz CT molecular complexity index is 212. The normalized spacial score (nSPS) is 15.1. The molecule has 102 valence electrons. The molecular weight excluding hydrogens is 212 g/mol. The van der Waals surface area contributed by atoms with Crippen LogP contribution in [0.15, 0.2) is 0 Å². The molecule has 3 nitrogen and oxygen atoms in total. The fourth-order valence-electron chi connectivity index (χ4n) is 1.51. The number of amides is 1. The van der Waals surface area contributed by atoms with Crippen molar-refractivity contribution in [2.75, 3.05) is 6.54 Å². The van der Waals surface area contributed by atoms with Gasteiger partial charge in [0.25, 0.3) is 0 Å². The number of nitrogens with one attached hydrogen (secondary N) is 2. The Kier molecular flexibility index (Phi) is 8.23. The van der Waals surface area contributed by atoms with Crippen molar-refractivity contribution in [1.29, 1.82) is 0 Å². The van der Waals surface area contributed by atoms with Gasteiger partial charge in [0.05, 0.1) is 6.04 Å². The summed E-state index contributed by atoms with van der Waals surface area (Å²) in [5.74, 6) is 1.37. The number of carbonyl (C=O) groups excluding carboxylic acids is 1. The summed E-state index contributed by atoms with van der Waals surface area (Å²) in [7, 11) is 0. The Balaban J connectivity index is 3.97. The van der Waals surface area contributed by atoms with Crippen molar-refractivity contribution in [1.82, 2.24) is 10.6 Å². The van der Waals surface area contributed by atoms with Gasteiger partial charge in [0.2, 0.25) is 5.91 Å². The molecule has 0 aliphatic heterocycles. The first kappa shape index (κ1) is 16.4. The maximum atomic E-state index is 11.9. The minimum atomic E-state index is -0.100. The Morgan fingerprint density at radius 1 is 1.06 bits per heavy atom. The molecule has 0 aromatic rings. The maximum Gasteiger partial charge on any atom is 0.237 e. The van der Waals surface area contributed by atoms with Gasteiger partial charge in [0.15, 0.2) is 0 Å². The third-order valence-corrected chi connectivity index (χ3v) is 3.61. The van der Waals surface area contributed by atoms with Gasteiger partial charge in [0.1, 0.15) is 0 Å². The highest BCUT2D eigenvalue weighted by Gasteiger charge is 2.16. The molecule has 0 rings (SSSR count). The monoisotopic (exact) mass is 242 g/mol. The smallest absolute Gasteiger partial charge is 0.237 e. The number of carbonyl (C=O) groups is 1. The summed E-state index contributed by atoms with van der Waals surface area (Å²) in [6.45, 7) is 13.7. The molecular formula is C14H30N2O. The predicted octanol–water partition coefficient (Wildman–Crippen LogP) is 2.56. The van der Waals surface area contributed by atoms with Crippen molar-refractivity contribution >= 4 is 5.91 Å². The van der Waals surface area contributed by atoms with Crippen LogP contribution in [0.2, 0.25) is 0 Å². The molecule has 0 aromatic heterocycles. The molecule has 3 heteroatoms. The van der Waals surface area contributed by atoms with Crippen molar-refractivity contribution in [3.8, 4) is 0 Å². The summed E-state index contributed by atoms with van der Waals surface area (Å²) < 4.78 is 0. The number of rotatable bonds is 8. The standard InChI is InChI=1S/C14H30N2O/c1-7-13(8-2)16-14(17)12(6)15-9-11(5)10(3)4/h10-13,15H,7-9H2,1-6H3,(H,16,17). The van der Waals surface area contributed by atoms with E-state index in [-0.39, 0.29) is 11.9 Å². The van der Waals surface area contributed by atoms with Gasteiger partial charge in [-0.3, -0.25) is 4.79 Å². The molecule has 0 bridgehead atoms. The quantitative estimate of drug-likeness (QED) is 0.687. The molecule has 2 atom stereocenters. The second-order valence-electron chi connectivity index (χ2n) is 5.37. The van der Waals surface area contributed by atoms with Crippen molar-refractivity contribution in [2.24, 2.45) is 11.8 Å². The van der Waals surface area contributed by atoms with Crippen molar-refractivity contribution in [2.45, 2.75) is 66.5 Å². The van der Waals surface area contributed by atoms with Gasteiger partial charge >= 0.3 is 0 Å². The first-order valence-corrected chi connectivity index (χ1v) is 6.96. The molecule has 0 saturated heterocycles.